The first kappa shape index (κ1) is 23.9. The molecule has 1 N–H and O–H groups in total. The number of para-hydroxylation sites is 1. The van der Waals surface area contributed by atoms with Gasteiger partial charge in [-0.3, -0.25) is 9.78 Å². The number of pyridine rings is 1. The first-order chi connectivity index (χ1) is 17.6. The van der Waals surface area contributed by atoms with Crippen LogP contribution in [0, 0.1) is 5.82 Å². The van der Waals surface area contributed by atoms with Gasteiger partial charge in [-0.2, -0.15) is 0 Å². The number of amides is 1. The fourth-order valence-corrected chi connectivity index (χ4v) is 4.86. The van der Waals surface area contributed by atoms with Crippen molar-refractivity contribution in [1.82, 2.24) is 10.3 Å². The van der Waals surface area contributed by atoms with Gasteiger partial charge in [-0.05, 0) is 71.8 Å². The first-order valence-electron chi connectivity index (χ1n) is 12.3. The number of benzene rings is 3. The summed E-state index contributed by atoms with van der Waals surface area (Å²) in [7, 11) is 1.65. The molecule has 1 unspecified atom stereocenters. The van der Waals surface area contributed by atoms with Crippen LogP contribution in [0.1, 0.15) is 29.9 Å². The Morgan fingerprint density at radius 1 is 1.08 bits per heavy atom. The number of rotatable bonds is 7. The maximum Gasteiger partial charge on any atom is 0.228 e. The second kappa shape index (κ2) is 10.9. The lowest BCUT2D eigenvalue weighted by molar-refractivity contribution is -0.123. The second-order valence-electron chi connectivity index (χ2n) is 9.11. The van der Waals surface area contributed by atoms with Crippen LogP contribution in [0.2, 0.25) is 0 Å². The quantitative estimate of drug-likeness (QED) is 0.367. The van der Waals surface area contributed by atoms with Gasteiger partial charge in [0.1, 0.15) is 11.6 Å². The van der Waals surface area contributed by atoms with Crippen LogP contribution in [-0.4, -0.2) is 37.3 Å². The summed E-state index contributed by atoms with van der Waals surface area (Å²) in [6, 6.07) is 22.4. The Bertz CT molecular complexity index is 1350. The zero-order valence-corrected chi connectivity index (χ0v) is 20.2. The molecule has 1 aromatic heterocycles. The topological polar surface area (TPSA) is 60.5 Å². The van der Waals surface area contributed by atoms with Crippen LogP contribution < -0.4 is 10.1 Å². The maximum atomic E-state index is 14.0. The number of methoxy groups -OCH3 is 1. The van der Waals surface area contributed by atoms with Gasteiger partial charge in [0.2, 0.25) is 5.91 Å². The third-order valence-corrected chi connectivity index (χ3v) is 6.83. The fraction of sp³-hybridized carbons (Fsp3) is 0.267. The van der Waals surface area contributed by atoms with E-state index in [-0.39, 0.29) is 23.7 Å². The molecule has 0 radical (unpaired) electrons. The highest BCUT2D eigenvalue weighted by molar-refractivity contribution is 5.94. The number of hydrogen-bond donors (Lipinski definition) is 1. The van der Waals surface area contributed by atoms with E-state index in [2.05, 4.69) is 10.3 Å². The van der Waals surface area contributed by atoms with Gasteiger partial charge < -0.3 is 14.8 Å². The lowest BCUT2D eigenvalue weighted by atomic mass is 9.89. The minimum Gasteiger partial charge on any atom is -0.496 e. The molecule has 184 valence electrons. The van der Waals surface area contributed by atoms with Crippen LogP contribution in [0.3, 0.4) is 0 Å². The zero-order chi connectivity index (χ0) is 24.9. The summed E-state index contributed by atoms with van der Waals surface area (Å²) in [6.07, 6.45) is 3.88. The number of halogens is 1. The molecule has 5 nitrogen and oxygen atoms in total. The molecule has 1 atom stereocenters. The number of ether oxygens (including phenoxy) is 2. The van der Waals surface area contributed by atoms with Crippen molar-refractivity contribution in [1.29, 1.82) is 0 Å². The minimum absolute atomic E-state index is 0.00279. The van der Waals surface area contributed by atoms with Crippen molar-refractivity contribution in [3.8, 4) is 16.9 Å². The number of nitrogens with one attached hydrogen (secondary N) is 1. The highest BCUT2D eigenvalue weighted by Gasteiger charge is 2.26. The number of nitrogens with zero attached hydrogens (tertiary/aromatic N) is 1. The van der Waals surface area contributed by atoms with E-state index in [1.165, 1.54) is 12.1 Å². The molecule has 0 saturated carbocycles. The van der Waals surface area contributed by atoms with Gasteiger partial charge in [-0.25, -0.2) is 4.39 Å². The van der Waals surface area contributed by atoms with E-state index >= 15 is 0 Å². The summed E-state index contributed by atoms with van der Waals surface area (Å²) in [4.78, 5) is 17.9. The highest BCUT2D eigenvalue weighted by atomic mass is 19.1. The van der Waals surface area contributed by atoms with Gasteiger partial charge in [-0.1, -0.05) is 42.5 Å². The Labute approximate surface area is 210 Å². The van der Waals surface area contributed by atoms with E-state index in [0.29, 0.717) is 19.6 Å². The summed E-state index contributed by atoms with van der Waals surface area (Å²) in [5.41, 5.74) is 4.48. The van der Waals surface area contributed by atoms with Gasteiger partial charge in [-0.15, -0.1) is 0 Å². The van der Waals surface area contributed by atoms with E-state index < -0.39 is 0 Å². The molecule has 1 amide bonds. The second-order valence-corrected chi connectivity index (χ2v) is 9.11. The summed E-state index contributed by atoms with van der Waals surface area (Å²) < 4.78 is 25.0. The summed E-state index contributed by atoms with van der Waals surface area (Å²) in [5.74, 6) is 0.0834. The monoisotopic (exact) mass is 484 g/mol. The lowest BCUT2D eigenvalue weighted by Crippen LogP contribution is -2.41. The molecule has 3 aromatic carbocycles. The van der Waals surface area contributed by atoms with E-state index in [1.807, 2.05) is 54.6 Å². The molecule has 0 aliphatic carbocycles. The molecule has 1 aliphatic rings. The van der Waals surface area contributed by atoms with Crippen molar-refractivity contribution in [2.24, 2.45) is 0 Å². The number of aromatic nitrogens is 1. The summed E-state index contributed by atoms with van der Waals surface area (Å²) in [5, 5.41) is 4.00. The van der Waals surface area contributed by atoms with Crippen LogP contribution in [0.5, 0.6) is 5.75 Å². The van der Waals surface area contributed by atoms with E-state index in [1.54, 1.807) is 19.4 Å². The molecule has 6 heteroatoms. The predicted octanol–water partition coefficient (Wildman–Crippen LogP) is 5.67. The van der Waals surface area contributed by atoms with Crippen molar-refractivity contribution < 1.29 is 18.7 Å². The Balaban J connectivity index is 1.47. The Hall–Kier alpha value is -3.77. The molecule has 1 saturated heterocycles. The molecule has 0 bridgehead atoms. The largest absolute Gasteiger partial charge is 0.496 e. The number of carbonyl (C=O) groups is 1. The first-order valence-corrected chi connectivity index (χ1v) is 12.3. The van der Waals surface area contributed by atoms with Crippen LogP contribution in [0.25, 0.3) is 22.0 Å². The van der Waals surface area contributed by atoms with Gasteiger partial charge in [0, 0.05) is 30.8 Å². The van der Waals surface area contributed by atoms with Gasteiger partial charge in [0.25, 0.3) is 0 Å². The van der Waals surface area contributed by atoms with Crippen LogP contribution in [0.15, 0.2) is 79.0 Å². The molecule has 2 heterocycles. The molecule has 5 rings (SSSR count). The summed E-state index contributed by atoms with van der Waals surface area (Å²) in [6.45, 7) is 1.33. The van der Waals surface area contributed by atoms with Gasteiger partial charge in [0.05, 0.1) is 18.5 Å². The van der Waals surface area contributed by atoms with Crippen LogP contribution in [-0.2, 0) is 16.0 Å². The molecule has 1 aliphatic heterocycles. The van der Waals surface area contributed by atoms with Gasteiger partial charge in [0.15, 0.2) is 0 Å². The minimum atomic E-state index is -0.384. The standard InChI is InChI=1S/C30H29FN2O3/c1-35-29-5-3-2-4-22(29)18-26(30(34)33-24-13-16-36-17-14-24)21-8-6-20(7-9-21)25-12-15-32-28-11-10-23(31)19-27(25)28/h2-12,15,19,24,26H,13-14,16-18H2,1H3,(H,33,34). The molecular weight excluding hydrogens is 455 g/mol. The normalized spacial score (nSPS) is 14.9. The average Bonchev–Trinajstić information content (AvgIpc) is 2.92. The zero-order valence-electron chi connectivity index (χ0n) is 20.2. The SMILES string of the molecule is COc1ccccc1CC(C(=O)NC1CCOCC1)c1ccc(-c2ccnc3ccc(F)cc23)cc1. The van der Waals surface area contributed by atoms with Gasteiger partial charge >= 0.3 is 0 Å². The maximum absolute atomic E-state index is 14.0. The van der Waals surface area contributed by atoms with Crippen LogP contribution >= 0.6 is 0 Å². The third-order valence-electron chi connectivity index (χ3n) is 6.83. The smallest absolute Gasteiger partial charge is 0.228 e. The predicted molar refractivity (Wildman–Crippen MR) is 139 cm³/mol. The van der Waals surface area contributed by atoms with E-state index in [0.717, 1.165) is 51.7 Å². The summed E-state index contributed by atoms with van der Waals surface area (Å²) >= 11 is 0. The average molecular weight is 485 g/mol. The molecule has 1 fully saturated rings. The van der Waals surface area contributed by atoms with Crippen molar-refractivity contribution in [3.05, 3.63) is 95.9 Å². The molecule has 0 spiro atoms. The Morgan fingerprint density at radius 3 is 2.64 bits per heavy atom. The Morgan fingerprint density at radius 2 is 1.86 bits per heavy atom. The molecular formula is C30H29FN2O3. The third kappa shape index (κ3) is 5.24. The van der Waals surface area contributed by atoms with Crippen LogP contribution in [0.4, 0.5) is 4.39 Å². The number of fused-ring (bicyclic) bond motifs is 1. The molecule has 4 aromatic rings. The highest BCUT2D eigenvalue weighted by Crippen LogP contribution is 2.32. The lowest BCUT2D eigenvalue weighted by Gasteiger charge is -2.26. The number of hydrogen-bond acceptors (Lipinski definition) is 4. The van der Waals surface area contributed by atoms with Crippen molar-refractivity contribution in [3.63, 3.8) is 0 Å². The van der Waals surface area contributed by atoms with E-state index in [4.69, 9.17) is 9.47 Å². The molecule has 36 heavy (non-hydrogen) atoms. The fourth-order valence-electron chi connectivity index (χ4n) is 4.86. The Kier molecular flexibility index (Phi) is 7.23. The van der Waals surface area contributed by atoms with Crippen molar-refractivity contribution in [2.45, 2.75) is 31.2 Å². The van der Waals surface area contributed by atoms with Crippen molar-refractivity contribution in [2.75, 3.05) is 20.3 Å². The van der Waals surface area contributed by atoms with E-state index in [9.17, 15) is 9.18 Å². The number of carbonyl (C=O) groups excluding carboxylic acids is 1. The van der Waals surface area contributed by atoms with Crippen molar-refractivity contribution >= 4 is 16.8 Å².